The molecule has 5 nitrogen and oxygen atoms in total. The first-order chi connectivity index (χ1) is 8.70. The Labute approximate surface area is 106 Å². The molecule has 2 rings (SSSR count). The summed E-state index contributed by atoms with van der Waals surface area (Å²) in [5.41, 5.74) is 9.29. The predicted octanol–water partition coefficient (Wildman–Crippen LogP) is 1.34. The minimum absolute atomic E-state index is 0.0181. The monoisotopic (exact) mass is 249 g/mol. The van der Waals surface area contributed by atoms with Crippen LogP contribution in [0.1, 0.15) is 24.8 Å². The first-order valence-corrected chi connectivity index (χ1v) is 6.27. The molecule has 5 heteroatoms. The fraction of sp³-hybridized carbons (Fsp3) is 0.462. The molecule has 98 valence electrons. The third-order valence-corrected chi connectivity index (χ3v) is 3.05. The Morgan fingerprint density at radius 3 is 2.94 bits per heavy atom. The van der Waals surface area contributed by atoms with Gasteiger partial charge in [-0.2, -0.15) is 0 Å². The van der Waals surface area contributed by atoms with Crippen molar-refractivity contribution in [2.75, 3.05) is 29.5 Å². The van der Waals surface area contributed by atoms with Crippen LogP contribution in [0.15, 0.2) is 12.1 Å². The van der Waals surface area contributed by atoms with E-state index in [2.05, 4.69) is 10.6 Å². The van der Waals surface area contributed by atoms with Gasteiger partial charge in [-0.15, -0.1) is 0 Å². The molecule has 1 aromatic rings. The van der Waals surface area contributed by atoms with E-state index in [1.54, 1.807) is 0 Å². The van der Waals surface area contributed by atoms with Crippen LogP contribution in [0.3, 0.4) is 0 Å². The van der Waals surface area contributed by atoms with E-state index in [9.17, 15) is 4.79 Å². The van der Waals surface area contributed by atoms with Crippen LogP contribution in [0.25, 0.3) is 0 Å². The van der Waals surface area contributed by atoms with Crippen molar-refractivity contribution in [3.8, 4) is 0 Å². The Balaban J connectivity index is 1.93. The smallest absolute Gasteiger partial charge is 0.228 e. The molecule has 0 fully saturated rings. The maximum atomic E-state index is 11.3. The minimum atomic E-state index is 0.0181. The SMILES string of the molecule is Nc1cc2c(cc1NCCCCCO)NC(=O)C2. The molecule has 1 aliphatic heterocycles. The summed E-state index contributed by atoms with van der Waals surface area (Å²) in [6.45, 7) is 1.06. The van der Waals surface area contributed by atoms with Crippen LogP contribution in [0, 0.1) is 0 Å². The lowest BCUT2D eigenvalue weighted by Crippen LogP contribution is -2.05. The van der Waals surface area contributed by atoms with Crippen molar-refractivity contribution in [2.45, 2.75) is 25.7 Å². The van der Waals surface area contributed by atoms with E-state index in [0.717, 1.165) is 42.7 Å². The Bertz CT molecular complexity index is 446. The highest BCUT2D eigenvalue weighted by Gasteiger charge is 2.18. The van der Waals surface area contributed by atoms with E-state index < -0.39 is 0 Å². The van der Waals surface area contributed by atoms with Gasteiger partial charge in [0.05, 0.1) is 17.8 Å². The molecule has 0 saturated heterocycles. The van der Waals surface area contributed by atoms with Crippen LogP contribution in [-0.2, 0) is 11.2 Å². The van der Waals surface area contributed by atoms with Gasteiger partial charge in [-0.05, 0) is 37.0 Å². The highest BCUT2D eigenvalue weighted by atomic mass is 16.2. The van der Waals surface area contributed by atoms with E-state index in [4.69, 9.17) is 10.8 Å². The second kappa shape index (κ2) is 5.73. The number of fused-ring (bicyclic) bond motifs is 1. The number of aliphatic hydroxyl groups excluding tert-OH is 1. The van der Waals surface area contributed by atoms with Crippen LogP contribution in [0.2, 0.25) is 0 Å². The first kappa shape index (κ1) is 12.7. The maximum absolute atomic E-state index is 11.3. The second-order valence-electron chi connectivity index (χ2n) is 4.53. The van der Waals surface area contributed by atoms with Gasteiger partial charge in [-0.25, -0.2) is 0 Å². The molecule has 0 aliphatic carbocycles. The summed E-state index contributed by atoms with van der Waals surface area (Å²) in [4.78, 5) is 11.3. The number of unbranched alkanes of at least 4 members (excludes halogenated alkanes) is 2. The molecule has 1 aliphatic rings. The average Bonchev–Trinajstić information content (AvgIpc) is 2.68. The second-order valence-corrected chi connectivity index (χ2v) is 4.53. The van der Waals surface area contributed by atoms with Gasteiger partial charge in [0.1, 0.15) is 0 Å². The molecule has 0 spiro atoms. The summed E-state index contributed by atoms with van der Waals surface area (Å²) < 4.78 is 0. The number of hydrogen-bond acceptors (Lipinski definition) is 4. The van der Waals surface area contributed by atoms with Gasteiger partial charge in [-0.1, -0.05) is 0 Å². The first-order valence-electron chi connectivity index (χ1n) is 6.27. The Morgan fingerprint density at radius 2 is 2.17 bits per heavy atom. The zero-order valence-electron chi connectivity index (χ0n) is 10.3. The number of carbonyl (C=O) groups excluding carboxylic acids is 1. The van der Waals surface area contributed by atoms with Gasteiger partial charge in [-0.3, -0.25) is 4.79 Å². The molecule has 0 unspecified atom stereocenters. The number of rotatable bonds is 6. The van der Waals surface area contributed by atoms with Crippen molar-refractivity contribution in [1.29, 1.82) is 0 Å². The molecule has 0 atom stereocenters. The molecular weight excluding hydrogens is 230 g/mol. The number of nitrogens with one attached hydrogen (secondary N) is 2. The van der Waals surface area contributed by atoms with Crippen molar-refractivity contribution in [3.63, 3.8) is 0 Å². The number of benzene rings is 1. The molecule has 5 N–H and O–H groups in total. The molecular formula is C13H19N3O2. The topological polar surface area (TPSA) is 87.4 Å². The van der Waals surface area contributed by atoms with Gasteiger partial charge >= 0.3 is 0 Å². The Kier molecular flexibility index (Phi) is 4.04. The van der Waals surface area contributed by atoms with Crippen molar-refractivity contribution >= 4 is 23.0 Å². The van der Waals surface area contributed by atoms with Crippen molar-refractivity contribution < 1.29 is 9.90 Å². The van der Waals surface area contributed by atoms with Crippen molar-refractivity contribution in [2.24, 2.45) is 0 Å². The molecule has 0 radical (unpaired) electrons. The van der Waals surface area contributed by atoms with Gasteiger partial charge < -0.3 is 21.5 Å². The van der Waals surface area contributed by atoms with Crippen LogP contribution >= 0.6 is 0 Å². The Morgan fingerprint density at radius 1 is 1.33 bits per heavy atom. The Hall–Kier alpha value is -1.75. The molecule has 18 heavy (non-hydrogen) atoms. The fourth-order valence-electron chi connectivity index (χ4n) is 2.08. The summed E-state index contributed by atoms with van der Waals surface area (Å²) in [5, 5.41) is 14.7. The lowest BCUT2D eigenvalue weighted by atomic mass is 10.1. The van der Waals surface area contributed by atoms with Crippen LogP contribution in [-0.4, -0.2) is 24.2 Å². The standard InChI is InChI=1S/C13H19N3O2/c14-10-6-9-7-13(18)16-11(9)8-12(10)15-4-2-1-3-5-17/h6,8,15,17H,1-5,7,14H2,(H,16,18). The number of nitrogens with two attached hydrogens (primary N) is 1. The number of anilines is 3. The average molecular weight is 249 g/mol. The molecule has 1 heterocycles. The maximum Gasteiger partial charge on any atom is 0.228 e. The van der Waals surface area contributed by atoms with Gasteiger partial charge in [0.25, 0.3) is 0 Å². The predicted molar refractivity (Wildman–Crippen MR) is 72.6 cm³/mol. The fourth-order valence-corrected chi connectivity index (χ4v) is 2.08. The van der Waals surface area contributed by atoms with Gasteiger partial charge in [0, 0.05) is 18.8 Å². The summed E-state index contributed by atoms with van der Waals surface area (Å²) >= 11 is 0. The van der Waals surface area contributed by atoms with E-state index in [1.807, 2.05) is 12.1 Å². The number of hydrogen-bond donors (Lipinski definition) is 4. The molecule has 0 aromatic heterocycles. The summed E-state index contributed by atoms with van der Waals surface area (Å²) in [6.07, 6.45) is 3.22. The molecule has 1 amide bonds. The minimum Gasteiger partial charge on any atom is -0.397 e. The number of amides is 1. The van der Waals surface area contributed by atoms with E-state index in [0.29, 0.717) is 12.1 Å². The van der Waals surface area contributed by atoms with Crippen LogP contribution in [0.5, 0.6) is 0 Å². The van der Waals surface area contributed by atoms with Crippen molar-refractivity contribution in [1.82, 2.24) is 0 Å². The lowest BCUT2D eigenvalue weighted by Gasteiger charge is -2.11. The van der Waals surface area contributed by atoms with E-state index >= 15 is 0 Å². The van der Waals surface area contributed by atoms with Crippen molar-refractivity contribution in [3.05, 3.63) is 17.7 Å². The number of carbonyl (C=O) groups is 1. The lowest BCUT2D eigenvalue weighted by molar-refractivity contribution is -0.115. The molecule has 0 saturated carbocycles. The largest absolute Gasteiger partial charge is 0.397 e. The molecule has 1 aromatic carbocycles. The zero-order valence-corrected chi connectivity index (χ0v) is 10.3. The zero-order chi connectivity index (χ0) is 13.0. The molecule has 0 bridgehead atoms. The number of aliphatic hydroxyl groups is 1. The third kappa shape index (κ3) is 2.92. The number of nitrogen functional groups attached to an aromatic ring is 1. The third-order valence-electron chi connectivity index (χ3n) is 3.05. The highest BCUT2D eigenvalue weighted by molar-refractivity contribution is 6.00. The van der Waals surface area contributed by atoms with Crippen LogP contribution < -0.4 is 16.4 Å². The summed E-state index contributed by atoms with van der Waals surface area (Å²) in [5.74, 6) is 0.0181. The highest BCUT2D eigenvalue weighted by Crippen LogP contribution is 2.31. The van der Waals surface area contributed by atoms with Gasteiger partial charge in [0.2, 0.25) is 5.91 Å². The normalized spacial score (nSPS) is 13.3. The van der Waals surface area contributed by atoms with Gasteiger partial charge in [0.15, 0.2) is 0 Å². The van der Waals surface area contributed by atoms with E-state index in [1.165, 1.54) is 0 Å². The van der Waals surface area contributed by atoms with Crippen LogP contribution in [0.4, 0.5) is 17.1 Å². The quantitative estimate of drug-likeness (QED) is 0.452. The summed E-state index contributed by atoms with van der Waals surface area (Å²) in [7, 11) is 0. The van der Waals surface area contributed by atoms with E-state index in [-0.39, 0.29) is 12.5 Å². The summed E-state index contributed by atoms with van der Waals surface area (Å²) in [6, 6.07) is 3.74.